The number of amides is 1. The van der Waals surface area contributed by atoms with Crippen molar-refractivity contribution in [3.05, 3.63) is 82.4 Å². The highest BCUT2D eigenvalue weighted by Crippen LogP contribution is 2.32. The van der Waals surface area contributed by atoms with Crippen LogP contribution in [0.3, 0.4) is 0 Å². The lowest BCUT2D eigenvalue weighted by Gasteiger charge is -2.27. The number of aryl methyl sites for hydroxylation is 2. The first kappa shape index (κ1) is 20.2. The Kier molecular flexibility index (Phi) is 4.73. The van der Waals surface area contributed by atoms with Gasteiger partial charge in [0.25, 0.3) is 5.91 Å². The number of hydrogen-bond donors (Lipinski definition) is 0. The summed E-state index contributed by atoms with van der Waals surface area (Å²) < 4.78 is 42.6. The van der Waals surface area contributed by atoms with Crippen LogP contribution in [0.1, 0.15) is 27.3 Å². The number of aromatic nitrogens is 3. The SMILES string of the molecule is Cc1cc(C(=O)N2CCc3c(nn(C)c3-c3cc(F)c(F)c(F)c3)C2)c2ccccc2n1. The second-order valence-corrected chi connectivity index (χ2v) is 7.96. The predicted octanol–water partition coefficient (Wildman–Crippen LogP) is 4.56. The van der Waals surface area contributed by atoms with Crippen molar-refractivity contribution < 1.29 is 18.0 Å². The monoisotopic (exact) mass is 436 g/mol. The largest absolute Gasteiger partial charge is 0.332 e. The smallest absolute Gasteiger partial charge is 0.254 e. The van der Waals surface area contributed by atoms with Crippen molar-refractivity contribution in [3.63, 3.8) is 0 Å². The van der Waals surface area contributed by atoms with Crippen molar-refractivity contribution in [1.82, 2.24) is 19.7 Å². The summed E-state index contributed by atoms with van der Waals surface area (Å²) in [5.74, 6) is -4.12. The van der Waals surface area contributed by atoms with Gasteiger partial charge in [-0.15, -0.1) is 0 Å². The number of carbonyl (C=O) groups is 1. The lowest BCUT2D eigenvalue weighted by Crippen LogP contribution is -2.36. The number of nitrogens with zero attached hydrogens (tertiary/aromatic N) is 4. The van der Waals surface area contributed by atoms with E-state index in [2.05, 4.69) is 10.1 Å². The van der Waals surface area contributed by atoms with Crippen molar-refractivity contribution >= 4 is 16.8 Å². The summed E-state index contributed by atoms with van der Waals surface area (Å²) in [6.07, 6.45) is 0.465. The van der Waals surface area contributed by atoms with E-state index in [1.807, 2.05) is 31.2 Å². The lowest BCUT2D eigenvalue weighted by molar-refractivity contribution is 0.0734. The molecule has 162 valence electrons. The fraction of sp³-hybridized carbons (Fsp3) is 0.208. The lowest BCUT2D eigenvalue weighted by atomic mass is 9.98. The molecule has 1 aliphatic heterocycles. The Morgan fingerprint density at radius 3 is 2.53 bits per heavy atom. The number of carbonyl (C=O) groups excluding carboxylic acids is 1. The molecule has 2 aromatic carbocycles. The van der Waals surface area contributed by atoms with Crippen LogP contribution in [0.5, 0.6) is 0 Å². The zero-order valence-electron chi connectivity index (χ0n) is 17.5. The molecule has 0 radical (unpaired) electrons. The zero-order valence-corrected chi connectivity index (χ0v) is 17.5. The molecule has 0 aliphatic carbocycles. The van der Waals surface area contributed by atoms with E-state index in [0.717, 1.165) is 34.3 Å². The minimum atomic E-state index is -1.50. The van der Waals surface area contributed by atoms with E-state index in [0.29, 0.717) is 29.9 Å². The molecular weight excluding hydrogens is 417 g/mol. The summed E-state index contributed by atoms with van der Waals surface area (Å²) >= 11 is 0. The van der Waals surface area contributed by atoms with Gasteiger partial charge in [-0.3, -0.25) is 14.5 Å². The highest BCUT2D eigenvalue weighted by atomic mass is 19.2. The van der Waals surface area contributed by atoms with Gasteiger partial charge < -0.3 is 4.90 Å². The first-order valence-corrected chi connectivity index (χ1v) is 10.2. The first-order chi connectivity index (χ1) is 15.3. The molecule has 0 saturated carbocycles. The number of hydrogen-bond acceptors (Lipinski definition) is 3. The van der Waals surface area contributed by atoms with Gasteiger partial charge in [0.15, 0.2) is 17.5 Å². The van der Waals surface area contributed by atoms with Crippen molar-refractivity contribution in [2.75, 3.05) is 6.54 Å². The van der Waals surface area contributed by atoms with Crippen LogP contribution in [0.15, 0.2) is 42.5 Å². The fourth-order valence-electron chi connectivity index (χ4n) is 4.40. The molecule has 0 fully saturated rings. The van der Waals surface area contributed by atoms with E-state index in [1.54, 1.807) is 18.0 Å². The molecule has 0 bridgehead atoms. The molecule has 5 nitrogen and oxygen atoms in total. The third kappa shape index (κ3) is 3.23. The second-order valence-electron chi connectivity index (χ2n) is 7.96. The van der Waals surface area contributed by atoms with E-state index >= 15 is 0 Å². The molecule has 32 heavy (non-hydrogen) atoms. The summed E-state index contributed by atoms with van der Waals surface area (Å²) in [4.78, 5) is 19.6. The minimum absolute atomic E-state index is 0.122. The van der Waals surface area contributed by atoms with Gasteiger partial charge in [-0.2, -0.15) is 5.10 Å². The molecule has 8 heteroatoms. The number of halogens is 3. The molecule has 2 aromatic heterocycles. The number of fused-ring (bicyclic) bond motifs is 2. The number of rotatable bonds is 2. The van der Waals surface area contributed by atoms with Crippen molar-refractivity contribution in [2.24, 2.45) is 7.05 Å². The number of pyridine rings is 1. The predicted molar refractivity (Wildman–Crippen MR) is 113 cm³/mol. The summed E-state index contributed by atoms with van der Waals surface area (Å²) in [7, 11) is 1.67. The zero-order chi connectivity index (χ0) is 22.6. The third-order valence-electron chi connectivity index (χ3n) is 5.82. The minimum Gasteiger partial charge on any atom is -0.332 e. The van der Waals surface area contributed by atoms with Crippen molar-refractivity contribution in [3.8, 4) is 11.3 Å². The van der Waals surface area contributed by atoms with Gasteiger partial charge in [-0.25, -0.2) is 13.2 Å². The molecule has 5 rings (SSSR count). The molecule has 0 N–H and O–H groups in total. The normalized spacial score (nSPS) is 13.5. The van der Waals surface area contributed by atoms with Gasteiger partial charge in [0, 0.05) is 35.8 Å². The van der Waals surface area contributed by atoms with E-state index in [-0.39, 0.29) is 18.0 Å². The average Bonchev–Trinajstić information content (AvgIpc) is 3.10. The van der Waals surface area contributed by atoms with Crippen molar-refractivity contribution in [2.45, 2.75) is 19.9 Å². The van der Waals surface area contributed by atoms with Crippen LogP contribution < -0.4 is 0 Å². The Morgan fingerprint density at radius 2 is 1.78 bits per heavy atom. The van der Waals surface area contributed by atoms with Gasteiger partial charge in [-0.1, -0.05) is 18.2 Å². The van der Waals surface area contributed by atoms with Crippen LogP contribution in [-0.4, -0.2) is 32.1 Å². The van der Waals surface area contributed by atoms with Gasteiger partial charge in [-0.05, 0) is 37.6 Å². The molecule has 0 saturated heterocycles. The highest BCUT2D eigenvalue weighted by Gasteiger charge is 2.29. The average molecular weight is 436 g/mol. The maximum absolute atomic E-state index is 13.8. The molecule has 1 aliphatic rings. The van der Waals surface area contributed by atoms with Crippen LogP contribution in [0.2, 0.25) is 0 Å². The standard InChI is InChI=1S/C24H19F3N4O/c1-13-9-17(15-5-3-4-6-20(15)28-13)24(32)31-8-7-16-21(12-31)29-30(2)23(16)14-10-18(25)22(27)19(26)11-14/h3-6,9-11H,7-8,12H2,1-2H3. The van der Waals surface area contributed by atoms with E-state index in [1.165, 1.54) is 4.68 Å². The summed E-state index contributed by atoms with van der Waals surface area (Å²) in [5.41, 5.74) is 4.29. The third-order valence-corrected chi connectivity index (χ3v) is 5.82. The first-order valence-electron chi connectivity index (χ1n) is 10.2. The molecule has 0 unspecified atom stereocenters. The van der Waals surface area contributed by atoms with Crippen LogP contribution in [0, 0.1) is 24.4 Å². The Hall–Kier alpha value is -3.68. The molecule has 4 aromatic rings. The number of benzene rings is 2. The van der Waals surface area contributed by atoms with Crippen LogP contribution >= 0.6 is 0 Å². The quantitative estimate of drug-likeness (QED) is 0.433. The van der Waals surface area contributed by atoms with Crippen LogP contribution in [0.25, 0.3) is 22.2 Å². The molecule has 0 atom stereocenters. The second kappa shape index (κ2) is 7.47. The summed E-state index contributed by atoms with van der Waals surface area (Å²) in [6, 6.07) is 11.2. The molecular formula is C24H19F3N4O. The molecule has 1 amide bonds. The van der Waals surface area contributed by atoms with E-state index < -0.39 is 17.5 Å². The topological polar surface area (TPSA) is 51.0 Å². The summed E-state index contributed by atoms with van der Waals surface area (Å²) in [6.45, 7) is 2.54. The maximum atomic E-state index is 13.8. The number of para-hydroxylation sites is 1. The molecule has 3 heterocycles. The van der Waals surface area contributed by atoms with Crippen LogP contribution in [-0.2, 0) is 20.0 Å². The highest BCUT2D eigenvalue weighted by molar-refractivity contribution is 6.06. The van der Waals surface area contributed by atoms with E-state index in [4.69, 9.17) is 0 Å². The summed E-state index contributed by atoms with van der Waals surface area (Å²) in [5, 5.41) is 5.27. The Bertz CT molecular complexity index is 1370. The van der Waals surface area contributed by atoms with Crippen molar-refractivity contribution in [1.29, 1.82) is 0 Å². The fourth-order valence-corrected chi connectivity index (χ4v) is 4.40. The maximum Gasteiger partial charge on any atom is 0.254 e. The van der Waals surface area contributed by atoms with Gasteiger partial charge in [0.1, 0.15) is 0 Å². The van der Waals surface area contributed by atoms with Gasteiger partial charge >= 0.3 is 0 Å². The van der Waals surface area contributed by atoms with Gasteiger partial charge in [0.05, 0.1) is 29.0 Å². The van der Waals surface area contributed by atoms with Crippen LogP contribution in [0.4, 0.5) is 13.2 Å². The molecule has 0 spiro atoms. The Labute approximate surface area is 182 Å². The van der Waals surface area contributed by atoms with Gasteiger partial charge in [0.2, 0.25) is 0 Å². The van der Waals surface area contributed by atoms with E-state index in [9.17, 15) is 18.0 Å². The Balaban J connectivity index is 1.51. The Morgan fingerprint density at radius 1 is 1.06 bits per heavy atom.